The van der Waals surface area contributed by atoms with Gasteiger partial charge in [-0.2, -0.15) is 0 Å². The van der Waals surface area contributed by atoms with Gasteiger partial charge < -0.3 is 15.0 Å². The lowest BCUT2D eigenvalue weighted by Crippen LogP contribution is -2.38. The van der Waals surface area contributed by atoms with E-state index in [9.17, 15) is 0 Å². The normalized spacial score (nSPS) is 20.3. The summed E-state index contributed by atoms with van der Waals surface area (Å²) in [7, 11) is 3.92. The van der Waals surface area contributed by atoms with Gasteiger partial charge in [0.1, 0.15) is 5.75 Å². The van der Waals surface area contributed by atoms with Gasteiger partial charge in [-0.05, 0) is 44.1 Å². The number of methoxy groups -OCH3 is 1. The molecule has 19 heavy (non-hydrogen) atoms. The van der Waals surface area contributed by atoms with E-state index < -0.39 is 0 Å². The molecule has 1 aliphatic rings. The monoisotopic (exact) mass is 262 g/mol. The Morgan fingerprint density at radius 3 is 3.05 bits per heavy atom. The number of nitrogens with zero attached hydrogens (tertiary/aromatic N) is 1. The second-order valence-corrected chi connectivity index (χ2v) is 5.55. The van der Waals surface area contributed by atoms with Gasteiger partial charge in [-0.1, -0.05) is 25.0 Å². The fourth-order valence-corrected chi connectivity index (χ4v) is 2.78. The molecule has 1 saturated heterocycles. The minimum atomic E-state index is 0.651. The van der Waals surface area contributed by atoms with Gasteiger partial charge in [0.2, 0.25) is 0 Å². The van der Waals surface area contributed by atoms with Crippen LogP contribution in [0.5, 0.6) is 5.75 Å². The molecule has 0 bridgehead atoms. The quantitative estimate of drug-likeness (QED) is 0.883. The first-order valence-electron chi connectivity index (χ1n) is 7.33. The van der Waals surface area contributed by atoms with Crippen LogP contribution in [-0.2, 0) is 6.54 Å². The Balaban J connectivity index is 1.83. The standard InChI is InChI=1S/C16H26N2O/c1-18(13-15-8-4-3-5-10-17-15)12-14-7-6-9-16(11-14)19-2/h6-7,9,11,15,17H,3-5,8,10,12-13H2,1-2H3. The largest absolute Gasteiger partial charge is 0.497 e. The van der Waals surface area contributed by atoms with Crippen molar-refractivity contribution in [2.45, 2.75) is 38.3 Å². The fraction of sp³-hybridized carbons (Fsp3) is 0.625. The molecule has 0 amide bonds. The maximum Gasteiger partial charge on any atom is 0.119 e. The summed E-state index contributed by atoms with van der Waals surface area (Å²) < 4.78 is 5.27. The van der Waals surface area contributed by atoms with E-state index in [4.69, 9.17) is 4.74 Å². The topological polar surface area (TPSA) is 24.5 Å². The average Bonchev–Trinajstić information content (AvgIpc) is 2.67. The molecular weight excluding hydrogens is 236 g/mol. The first-order valence-corrected chi connectivity index (χ1v) is 7.33. The van der Waals surface area contributed by atoms with Crippen molar-refractivity contribution in [1.82, 2.24) is 10.2 Å². The smallest absolute Gasteiger partial charge is 0.119 e. The van der Waals surface area contributed by atoms with Crippen molar-refractivity contribution in [1.29, 1.82) is 0 Å². The van der Waals surface area contributed by atoms with E-state index in [2.05, 4.69) is 35.5 Å². The van der Waals surface area contributed by atoms with Gasteiger partial charge in [0.15, 0.2) is 0 Å². The predicted octanol–water partition coefficient (Wildman–Crippen LogP) is 2.66. The number of nitrogens with one attached hydrogen (secondary N) is 1. The molecule has 0 radical (unpaired) electrons. The molecule has 1 atom stereocenters. The first-order chi connectivity index (χ1) is 9.28. The van der Waals surface area contributed by atoms with Crippen molar-refractivity contribution < 1.29 is 4.74 Å². The molecule has 0 aliphatic carbocycles. The minimum Gasteiger partial charge on any atom is -0.497 e. The van der Waals surface area contributed by atoms with Gasteiger partial charge >= 0.3 is 0 Å². The van der Waals surface area contributed by atoms with Crippen LogP contribution in [-0.4, -0.2) is 38.2 Å². The molecular formula is C16H26N2O. The second-order valence-electron chi connectivity index (χ2n) is 5.55. The van der Waals surface area contributed by atoms with Crippen LogP contribution in [0.2, 0.25) is 0 Å². The molecule has 106 valence electrons. The predicted molar refractivity (Wildman–Crippen MR) is 79.6 cm³/mol. The third-order valence-corrected chi connectivity index (χ3v) is 3.78. The van der Waals surface area contributed by atoms with E-state index in [0.29, 0.717) is 6.04 Å². The van der Waals surface area contributed by atoms with Crippen LogP contribution in [0.4, 0.5) is 0 Å². The molecule has 1 aromatic carbocycles. The van der Waals surface area contributed by atoms with Crippen LogP contribution in [0, 0.1) is 0 Å². The summed E-state index contributed by atoms with van der Waals surface area (Å²) in [5.74, 6) is 0.943. The summed E-state index contributed by atoms with van der Waals surface area (Å²) in [6.45, 7) is 3.28. The van der Waals surface area contributed by atoms with Gasteiger partial charge in [-0.3, -0.25) is 0 Å². The second kappa shape index (κ2) is 7.51. The van der Waals surface area contributed by atoms with E-state index in [1.807, 2.05) is 6.07 Å². The lowest BCUT2D eigenvalue weighted by atomic mass is 10.1. The Kier molecular flexibility index (Phi) is 5.67. The van der Waals surface area contributed by atoms with Crippen molar-refractivity contribution in [2.75, 3.05) is 27.2 Å². The maximum atomic E-state index is 5.27. The molecule has 1 fully saturated rings. The van der Waals surface area contributed by atoms with Crippen LogP contribution < -0.4 is 10.1 Å². The lowest BCUT2D eigenvalue weighted by Gasteiger charge is -2.24. The highest BCUT2D eigenvalue weighted by Gasteiger charge is 2.13. The Bertz CT molecular complexity index is 373. The van der Waals surface area contributed by atoms with E-state index in [1.165, 1.54) is 37.8 Å². The molecule has 0 spiro atoms. The summed E-state index contributed by atoms with van der Waals surface area (Å²) in [4.78, 5) is 2.40. The Labute approximate surface area is 116 Å². The Hall–Kier alpha value is -1.06. The zero-order valence-electron chi connectivity index (χ0n) is 12.2. The number of hydrogen-bond donors (Lipinski definition) is 1. The summed E-state index contributed by atoms with van der Waals surface area (Å²) in [6, 6.07) is 9.00. The van der Waals surface area contributed by atoms with E-state index in [1.54, 1.807) is 7.11 Å². The molecule has 0 aromatic heterocycles. The molecule has 1 unspecified atom stereocenters. The average molecular weight is 262 g/mol. The molecule has 1 aliphatic heterocycles. The van der Waals surface area contributed by atoms with E-state index in [0.717, 1.165) is 18.8 Å². The fourth-order valence-electron chi connectivity index (χ4n) is 2.78. The van der Waals surface area contributed by atoms with Gasteiger partial charge in [0, 0.05) is 19.1 Å². The molecule has 3 nitrogen and oxygen atoms in total. The molecule has 1 aromatic rings. The number of rotatable bonds is 5. The van der Waals surface area contributed by atoms with Crippen LogP contribution >= 0.6 is 0 Å². The van der Waals surface area contributed by atoms with Crippen LogP contribution in [0.1, 0.15) is 31.2 Å². The third kappa shape index (κ3) is 4.84. The van der Waals surface area contributed by atoms with E-state index >= 15 is 0 Å². The SMILES string of the molecule is COc1cccc(CN(C)CC2CCCCCN2)c1. The maximum absolute atomic E-state index is 5.27. The molecule has 2 rings (SSSR count). The zero-order valence-corrected chi connectivity index (χ0v) is 12.2. The molecule has 1 heterocycles. The van der Waals surface area contributed by atoms with Crippen LogP contribution in [0.3, 0.4) is 0 Å². The number of ether oxygens (including phenoxy) is 1. The van der Waals surface area contributed by atoms with Crippen LogP contribution in [0.25, 0.3) is 0 Å². The molecule has 3 heteroatoms. The third-order valence-electron chi connectivity index (χ3n) is 3.78. The highest BCUT2D eigenvalue weighted by molar-refractivity contribution is 5.28. The van der Waals surface area contributed by atoms with Crippen molar-refractivity contribution in [3.63, 3.8) is 0 Å². The number of hydrogen-bond acceptors (Lipinski definition) is 3. The number of benzene rings is 1. The first kappa shape index (κ1) is 14.4. The molecule has 0 saturated carbocycles. The Morgan fingerprint density at radius 1 is 1.32 bits per heavy atom. The Morgan fingerprint density at radius 2 is 2.21 bits per heavy atom. The number of likely N-dealkylation sites (N-methyl/N-ethyl adjacent to an activating group) is 1. The highest BCUT2D eigenvalue weighted by atomic mass is 16.5. The van der Waals surface area contributed by atoms with Gasteiger partial charge in [-0.25, -0.2) is 0 Å². The summed E-state index contributed by atoms with van der Waals surface area (Å²) in [6.07, 6.45) is 5.38. The highest BCUT2D eigenvalue weighted by Crippen LogP contribution is 2.15. The van der Waals surface area contributed by atoms with Crippen molar-refractivity contribution in [3.8, 4) is 5.75 Å². The van der Waals surface area contributed by atoms with Crippen molar-refractivity contribution >= 4 is 0 Å². The van der Waals surface area contributed by atoms with Gasteiger partial charge in [0.05, 0.1) is 7.11 Å². The lowest BCUT2D eigenvalue weighted by molar-refractivity contribution is 0.278. The van der Waals surface area contributed by atoms with Gasteiger partial charge in [0.25, 0.3) is 0 Å². The zero-order chi connectivity index (χ0) is 13.5. The van der Waals surface area contributed by atoms with Crippen molar-refractivity contribution in [3.05, 3.63) is 29.8 Å². The van der Waals surface area contributed by atoms with Gasteiger partial charge in [-0.15, -0.1) is 0 Å². The van der Waals surface area contributed by atoms with Crippen molar-refractivity contribution in [2.24, 2.45) is 0 Å². The molecule has 1 N–H and O–H groups in total. The summed E-state index contributed by atoms with van der Waals surface area (Å²) in [5.41, 5.74) is 1.32. The van der Waals surface area contributed by atoms with Crippen LogP contribution in [0.15, 0.2) is 24.3 Å². The minimum absolute atomic E-state index is 0.651. The summed E-state index contributed by atoms with van der Waals surface area (Å²) in [5, 5.41) is 3.65. The van der Waals surface area contributed by atoms with E-state index in [-0.39, 0.29) is 0 Å². The summed E-state index contributed by atoms with van der Waals surface area (Å²) >= 11 is 0.